The Hall–Kier alpha value is -2.55. The number of carbonyl (C=O) groups is 1. The fraction of sp³-hybridized carbons (Fsp3) is 0.174. The number of aryl methyl sites for hydroxylation is 1. The van der Waals surface area contributed by atoms with Crippen molar-refractivity contribution in [2.75, 3.05) is 21.1 Å². The van der Waals surface area contributed by atoms with Crippen LogP contribution in [0.5, 0.6) is 0 Å². The van der Waals surface area contributed by atoms with Crippen LogP contribution < -0.4 is 14.5 Å². The van der Waals surface area contributed by atoms with Gasteiger partial charge in [0.25, 0.3) is 10.0 Å². The number of hydrogen-bond acceptors (Lipinski definition) is 3. The number of benzene rings is 3. The van der Waals surface area contributed by atoms with E-state index in [4.69, 9.17) is 11.6 Å². The summed E-state index contributed by atoms with van der Waals surface area (Å²) in [5, 5.41) is 3.15. The molecule has 6 nitrogen and oxygen atoms in total. The molecule has 0 bridgehead atoms. The Morgan fingerprint density at radius 1 is 0.969 bits per heavy atom. The summed E-state index contributed by atoms with van der Waals surface area (Å²) in [4.78, 5) is 14.4. The first-order valence-corrected chi connectivity index (χ1v) is 12.7. The van der Waals surface area contributed by atoms with Crippen LogP contribution in [0.1, 0.15) is 17.5 Å². The molecule has 5 rings (SSSR count). The van der Waals surface area contributed by atoms with Crippen molar-refractivity contribution < 1.29 is 13.2 Å². The van der Waals surface area contributed by atoms with Crippen LogP contribution in [0.4, 0.5) is 21.9 Å². The molecule has 3 aromatic carbocycles. The van der Waals surface area contributed by atoms with Gasteiger partial charge in [0.15, 0.2) is 0 Å². The zero-order valence-corrected chi connectivity index (χ0v) is 20.0. The topological polar surface area (TPSA) is 69.7 Å². The number of rotatable bonds is 3. The predicted molar refractivity (Wildman–Crippen MR) is 130 cm³/mol. The molecule has 0 saturated heterocycles. The summed E-state index contributed by atoms with van der Waals surface area (Å²) in [6, 6.07) is 17.3. The molecule has 1 N–H and O–H groups in total. The Kier molecular flexibility index (Phi) is 5.39. The highest BCUT2D eigenvalue weighted by atomic mass is 79.9. The van der Waals surface area contributed by atoms with E-state index < -0.39 is 10.0 Å². The van der Waals surface area contributed by atoms with Crippen LogP contribution in [0.25, 0.3) is 0 Å². The number of fused-ring (bicyclic) bond motifs is 2. The zero-order valence-electron chi connectivity index (χ0n) is 16.9. The van der Waals surface area contributed by atoms with Crippen molar-refractivity contribution in [2.45, 2.75) is 24.3 Å². The van der Waals surface area contributed by atoms with Gasteiger partial charge in [-0.1, -0.05) is 51.8 Å². The average Bonchev–Trinajstić information content (AvgIpc) is 2.78. The normalized spacial score (nSPS) is 15.8. The lowest BCUT2D eigenvalue weighted by molar-refractivity contribution is 0.256. The third-order valence-corrected chi connectivity index (χ3v) is 8.37. The second-order valence-electron chi connectivity index (χ2n) is 7.74. The number of sulfonamides is 1. The van der Waals surface area contributed by atoms with E-state index in [0.717, 1.165) is 28.4 Å². The lowest BCUT2D eigenvalue weighted by Gasteiger charge is -2.32. The monoisotopic (exact) mass is 531 g/mol. The highest BCUT2D eigenvalue weighted by Gasteiger charge is 2.31. The van der Waals surface area contributed by atoms with Gasteiger partial charge in [0.1, 0.15) is 0 Å². The molecular weight excluding hydrogens is 514 g/mol. The minimum atomic E-state index is -3.83. The number of anilines is 3. The first kappa shape index (κ1) is 21.3. The lowest BCUT2D eigenvalue weighted by atomic mass is 10.0. The van der Waals surface area contributed by atoms with Crippen molar-refractivity contribution in [3.8, 4) is 0 Å². The molecule has 3 aromatic rings. The number of hydrogen-bond donors (Lipinski definition) is 1. The summed E-state index contributed by atoms with van der Waals surface area (Å²) in [5.41, 5.74) is 3.68. The fourth-order valence-corrected chi connectivity index (χ4v) is 6.30. The first-order valence-electron chi connectivity index (χ1n) is 10.1. The van der Waals surface area contributed by atoms with Gasteiger partial charge in [0.2, 0.25) is 0 Å². The van der Waals surface area contributed by atoms with E-state index in [1.54, 1.807) is 0 Å². The van der Waals surface area contributed by atoms with E-state index in [0.29, 0.717) is 28.6 Å². The second-order valence-corrected chi connectivity index (χ2v) is 10.9. The summed E-state index contributed by atoms with van der Waals surface area (Å²) in [7, 11) is -3.83. The van der Waals surface area contributed by atoms with E-state index in [2.05, 4.69) is 21.2 Å². The summed E-state index contributed by atoms with van der Waals surface area (Å²) >= 11 is 9.83. The summed E-state index contributed by atoms with van der Waals surface area (Å²) in [6.07, 6.45) is 1.59. The second kappa shape index (κ2) is 8.10. The third kappa shape index (κ3) is 3.66. The third-order valence-electron chi connectivity index (χ3n) is 5.75. The van der Waals surface area contributed by atoms with Crippen molar-refractivity contribution >= 4 is 60.6 Å². The van der Waals surface area contributed by atoms with Gasteiger partial charge in [-0.3, -0.25) is 9.21 Å². The van der Waals surface area contributed by atoms with Gasteiger partial charge in [-0.15, -0.1) is 0 Å². The Morgan fingerprint density at radius 3 is 2.62 bits per heavy atom. The van der Waals surface area contributed by atoms with Crippen molar-refractivity contribution in [1.29, 1.82) is 0 Å². The number of urea groups is 1. The van der Waals surface area contributed by atoms with E-state index in [1.807, 2.05) is 42.5 Å². The smallest absolute Gasteiger partial charge is 0.307 e. The maximum absolute atomic E-state index is 13.6. The van der Waals surface area contributed by atoms with Crippen LogP contribution in [0.3, 0.4) is 0 Å². The van der Waals surface area contributed by atoms with E-state index in [-0.39, 0.29) is 17.5 Å². The van der Waals surface area contributed by atoms with Gasteiger partial charge in [0.05, 0.1) is 27.8 Å². The van der Waals surface area contributed by atoms with Gasteiger partial charge in [-0.25, -0.2) is 13.2 Å². The summed E-state index contributed by atoms with van der Waals surface area (Å²) < 4.78 is 29.5. The van der Waals surface area contributed by atoms with E-state index in [9.17, 15) is 13.2 Å². The molecule has 0 unspecified atom stereocenters. The molecule has 0 radical (unpaired) electrons. The fourth-order valence-electron chi connectivity index (χ4n) is 4.16. The molecule has 2 aliphatic rings. The Morgan fingerprint density at radius 2 is 1.78 bits per heavy atom. The Bertz CT molecular complexity index is 1350. The van der Waals surface area contributed by atoms with Crippen LogP contribution in [0.2, 0.25) is 5.02 Å². The zero-order chi connectivity index (χ0) is 22.5. The molecule has 0 aliphatic carbocycles. The average molecular weight is 533 g/mol. The number of carbonyl (C=O) groups excluding carboxylic acids is 1. The molecule has 2 heterocycles. The molecule has 2 aliphatic heterocycles. The number of nitrogens with one attached hydrogen (secondary N) is 1. The summed E-state index contributed by atoms with van der Waals surface area (Å²) in [5.74, 6) is 0. The molecule has 164 valence electrons. The molecule has 0 fully saturated rings. The molecule has 0 atom stereocenters. The molecule has 0 aromatic heterocycles. The lowest BCUT2D eigenvalue weighted by Crippen LogP contribution is -2.39. The number of amides is 2. The molecule has 9 heteroatoms. The summed E-state index contributed by atoms with van der Waals surface area (Å²) in [6.45, 7) is 0.688. The van der Waals surface area contributed by atoms with Crippen molar-refractivity contribution in [2.24, 2.45) is 0 Å². The number of halogens is 2. The van der Waals surface area contributed by atoms with Crippen LogP contribution >= 0.6 is 27.5 Å². The van der Waals surface area contributed by atoms with Gasteiger partial charge in [-0.05, 0) is 60.4 Å². The van der Waals surface area contributed by atoms with Gasteiger partial charge in [0, 0.05) is 16.7 Å². The largest absolute Gasteiger partial charge is 0.326 e. The first-order chi connectivity index (χ1) is 15.3. The van der Waals surface area contributed by atoms with E-state index in [1.165, 1.54) is 27.4 Å². The van der Waals surface area contributed by atoms with E-state index >= 15 is 0 Å². The van der Waals surface area contributed by atoms with Crippen LogP contribution in [-0.2, 0) is 23.0 Å². The highest BCUT2D eigenvalue weighted by Crippen LogP contribution is 2.37. The minimum absolute atomic E-state index is 0.100. The van der Waals surface area contributed by atoms with Gasteiger partial charge < -0.3 is 5.32 Å². The quantitative estimate of drug-likeness (QED) is 0.464. The maximum atomic E-state index is 13.6. The molecule has 0 saturated carbocycles. The van der Waals surface area contributed by atoms with Crippen LogP contribution in [-0.4, -0.2) is 21.0 Å². The molecular formula is C23H19BrClN3O3S. The Balaban J connectivity index is 1.54. The van der Waals surface area contributed by atoms with Gasteiger partial charge in [-0.2, -0.15) is 0 Å². The molecule has 0 spiro atoms. The Labute approximate surface area is 200 Å². The minimum Gasteiger partial charge on any atom is -0.307 e. The van der Waals surface area contributed by atoms with Crippen molar-refractivity contribution in [1.82, 2.24) is 0 Å². The molecule has 2 amide bonds. The highest BCUT2D eigenvalue weighted by molar-refractivity contribution is 9.10. The van der Waals surface area contributed by atoms with Crippen molar-refractivity contribution in [3.63, 3.8) is 0 Å². The predicted octanol–water partition coefficient (Wildman–Crippen LogP) is 5.80. The standard InChI is InChI=1S/C23H19BrClN3O3S/c24-17-8-7-16-14-27(23(29)26-20(16)12-17)22-13-18(9-10-19(22)25)32(30,31)28-11-3-5-15-4-1-2-6-21(15)28/h1-2,4,6-10,12-13H,3,5,11,14H2,(H,26,29). The number of para-hydroxylation sites is 1. The maximum Gasteiger partial charge on any atom is 0.326 e. The SMILES string of the molecule is O=C1Nc2cc(Br)ccc2CN1c1cc(S(=O)(=O)N2CCCc3ccccc32)ccc1Cl. The number of nitrogens with zero attached hydrogens (tertiary/aromatic N) is 2. The molecule has 32 heavy (non-hydrogen) atoms. The van der Waals surface area contributed by atoms with Crippen LogP contribution in [0, 0.1) is 0 Å². The van der Waals surface area contributed by atoms with Gasteiger partial charge >= 0.3 is 6.03 Å². The van der Waals surface area contributed by atoms with Crippen molar-refractivity contribution in [3.05, 3.63) is 81.3 Å². The van der Waals surface area contributed by atoms with Crippen LogP contribution in [0.15, 0.2) is 70.0 Å².